The topological polar surface area (TPSA) is 56.7 Å². The van der Waals surface area contributed by atoms with Crippen LogP contribution >= 0.6 is 0 Å². The van der Waals surface area contributed by atoms with Gasteiger partial charge in [-0.15, -0.1) is 0 Å². The third-order valence-electron chi connectivity index (χ3n) is 9.23. The fourth-order valence-electron chi connectivity index (χ4n) is 7.09. The molecule has 10 aromatic rings. The molecule has 0 atom stereocenters. The lowest BCUT2D eigenvalue weighted by Crippen LogP contribution is -2.02. The fourth-order valence-corrected chi connectivity index (χ4v) is 7.09. The van der Waals surface area contributed by atoms with Crippen LogP contribution in [-0.2, 0) is 0 Å². The van der Waals surface area contributed by atoms with E-state index in [1.54, 1.807) is 0 Å². The molecule has 0 spiro atoms. The summed E-state index contributed by atoms with van der Waals surface area (Å²) in [5, 5.41) is 6.73. The summed E-state index contributed by atoms with van der Waals surface area (Å²) in [7, 11) is 0. The summed E-state index contributed by atoms with van der Waals surface area (Å²) in [5.41, 5.74) is 7.76. The molecule has 5 nitrogen and oxygen atoms in total. The van der Waals surface area contributed by atoms with Gasteiger partial charge >= 0.3 is 0 Å². The molecule has 3 heterocycles. The smallest absolute Gasteiger partial charge is 0.164 e. The van der Waals surface area contributed by atoms with Crippen LogP contribution in [-0.4, -0.2) is 19.5 Å². The van der Waals surface area contributed by atoms with Gasteiger partial charge in [0.25, 0.3) is 0 Å². The molecule has 0 saturated carbocycles. The molecule has 48 heavy (non-hydrogen) atoms. The van der Waals surface area contributed by atoms with Crippen molar-refractivity contribution < 1.29 is 4.42 Å². The summed E-state index contributed by atoms with van der Waals surface area (Å²) in [6, 6.07) is 54.5. The zero-order valence-corrected chi connectivity index (χ0v) is 25.7. The van der Waals surface area contributed by atoms with Crippen molar-refractivity contribution in [2.75, 3.05) is 0 Å². The van der Waals surface area contributed by atoms with Crippen molar-refractivity contribution in [1.82, 2.24) is 19.5 Å². The summed E-state index contributed by atoms with van der Waals surface area (Å²) >= 11 is 0. The summed E-state index contributed by atoms with van der Waals surface area (Å²) in [6.45, 7) is 0. The second-order valence-corrected chi connectivity index (χ2v) is 12.0. The van der Waals surface area contributed by atoms with Crippen molar-refractivity contribution in [3.63, 3.8) is 0 Å². The molecule has 0 radical (unpaired) electrons. The van der Waals surface area contributed by atoms with Crippen molar-refractivity contribution in [3.8, 4) is 39.9 Å². The maximum Gasteiger partial charge on any atom is 0.164 e. The Morgan fingerprint density at radius 2 is 1.00 bits per heavy atom. The predicted molar refractivity (Wildman–Crippen MR) is 195 cm³/mol. The average Bonchev–Trinajstić information content (AvgIpc) is 3.71. The van der Waals surface area contributed by atoms with E-state index in [2.05, 4.69) is 102 Å². The second kappa shape index (κ2) is 10.5. The second-order valence-electron chi connectivity index (χ2n) is 12.0. The van der Waals surface area contributed by atoms with Gasteiger partial charge in [-0.05, 0) is 41.8 Å². The largest absolute Gasteiger partial charge is 0.456 e. The number of rotatable bonds is 4. The molecule has 0 amide bonds. The lowest BCUT2D eigenvalue weighted by Gasteiger charge is -2.15. The molecule has 0 aliphatic carbocycles. The number of nitrogens with zero attached hydrogens (tertiary/aromatic N) is 4. The third-order valence-corrected chi connectivity index (χ3v) is 9.23. The monoisotopic (exact) mass is 614 g/mol. The number of hydrogen-bond donors (Lipinski definition) is 0. The minimum absolute atomic E-state index is 0.600. The van der Waals surface area contributed by atoms with E-state index in [-0.39, 0.29) is 0 Å². The minimum Gasteiger partial charge on any atom is -0.456 e. The quantitative estimate of drug-likeness (QED) is 0.198. The van der Waals surface area contributed by atoms with Crippen molar-refractivity contribution in [2.45, 2.75) is 0 Å². The predicted octanol–water partition coefficient (Wildman–Crippen LogP) is 11.0. The molecule has 0 N–H and O–H groups in total. The van der Waals surface area contributed by atoms with Crippen molar-refractivity contribution in [1.29, 1.82) is 0 Å². The number of fused-ring (bicyclic) bond motifs is 7. The Kier molecular flexibility index (Phi) is 5.81. The first-order valence-corrected chi connectivity index (χ1v) is 16.0. The van der Waals surface area contributed by atoms with Gasteiger partial charge in [0.2, 0.25) is 0 Å². The zero-order valence-electron chi connectivity index (χ0n) is 25.7. The Hall–Kier alpha value is -6.59. The van der Waals surface area contributed by atoms with Crippen LogP contribution in [0.4, 0.5) is 0 Å². The van der Waals surface area contributed by atoms with Gasteiger partial charge in [0.1, 0.15) is 11.2 Å². The van der Waals surface area contributed by atoms with Gasteiger partial charge in [-0.1, -0.05) is 121 Å². The molecule has 0 saturated heterocycles. The molecule has 0 aliphatic rings. The van der Waals surface area contributed by atoms with E-state index < -0.39 is 0 Å². The highest BCUT2D eigenvalue weighted by Gasteiger charge is 2.20. The maximum absolute atomic E-state index is 6.25. The Morgan fingerprint density at radius 3 is 1.77 bits per heavy atom. The van der Waals surface area contributed by atoms with Gasteiger partial charge < -0.3 is 8.98 Å². The lowest BCUT2D eigenvalue weighted by molar-refractivity contribution is 0.669. The molecule has 0 fully saturated rings. The Bertz CT molecular complexity index is 2800. The number of para-hydroxylation sites is 3. The van der Waals surface area contributed by atoms with E-state index in [0.717, 1.165) is 66.1 Å². The Morgan fingerprint density at radius 1 is 0.417 bits per heavy atom. The van der Waals surface area contributed by atoms with E-state index in [0.29, 0.717) is 17.5 Å². The third kappa shape index (κ3) is 4.08. The van der Waals surface area contributed by atoms with Crippen LogP contribution in [0.1, 0.15) is 0 Å². The summed E-state index contributed by atoms with van der Waals surface area (Å²) < 4.78 is 8.62. The van der Waals surface area contributed by atoms with Gasteiger partial charge in [0.05, 0.1) is 16.7 Å². The Labute approximate surface area is 275 Å². The van der Waals surface area contributed by atoms with Crippen LogP contribution in [0, 0.1) is 0 Å². The standard InChI is InChI=1S/C43H26N4O/c1-2-13-27(14-3-1)41-44-42(46-43(45-41)34-20-12-24-39-40(34)33-19-8-11-23-38(33)48-39)29-25-28-15-4-5-16-30(28)37(26-29)47-35-21-9-6-17-31(35)32-18-7-10-22-36(32)47/h1-26H. The first-order valence-electron chi connectivity index (χ1n) is 16.0. The van der Waals surface area contributed by atoms with E-state index in [4.69, 9.17) is 19.4 Å². The molecule has 10 rings (SSSR count). The molecule has 0 bridgehead atoms. The number of furan rings is 1. The summed E-state index contributed by atoms with van der Waals surface area (Å²) in [4.78, 5) is 15.4. The first kappa shape index (κ1) is 26.6. The summed E-state index contributed by atoms with van der Waals surface area (Å²) in [6.07, 6.45) is 0. The molecule has 0 unspecified atom stereocenters. The summed E-state index contributed by atoms with van der Waals surface area (Å²) in [5.74, 6) is 1.82. The normalized spacial score (nSPS) is 11.8. The van der Waals surface area contributed by atoms with Crippen LogP contribution in [0.25, 0.3) is 94.4 Å². The molecular weight excluding hydrogens is 589 g/mol. The van der Waals surface area contributed by atoms with E-state index in [1.807, 2.05) is 60.7 Å². The van der Waals surface area contributed by atoms with Gasteiger partial charge in [-0.3, -0.25) is 0 Å². The van der Waals surface area contributed by atoms with Gasteiger partial charge in [0, 0.05) is 43.6 Å². The highest BCUT2D eigenvalue weighted by Crippen LogP contribution is 2.39. The number of hydrogen-bond acceptors (Lipinski definition) is 4. The van der Waals surface area contributed by atoms with Gasteiger partial charge in [0.15, 0.2) is 17.5 Å². The van der Waals surface area contributed by atoms with Crippen LogP contribution in [0.5, 0.6) is 0 Å². The molecule has 224 valence electrons. The lowest BCUT2D eigenvalue weighted by atomic mass is 10.0. The van der Waals surface area contributed by atoms with E-state index in [9.17, 15) is 0 Å². The highest BCUT2D eigenvalue weighted by molar-refractivity contribution is 6.12. The van der Waals surface area contributed by atoms with Gasteiger partial charge in [-0.25, -0.2) is 15.0 Å². The Balaban J connectivity index is 1.28. The number of benzene rings is 7. The molecule has 0 aliphatic heterocycles. The fraction of sp³-hybridized carbons (Fsp3) is 0. The van der Waals surface area contributed by atoms with Crippen LogP contribution < -0.4 is 0 Å². The first-order chi connectivity index (χ1) is 23.8. The van der Waals surface area contributed by atoms with Crippen LogP contribution in [0.2, 0.25) is 0 Å². The van der Waals surface area contributed by atoms with E-state index >= 15 is 0 Å². The molecule has 5 heteroatoms. The molecule has 3 aromatic heterocycles. The minimum atomic E-state index is 0.600. The highest BCUT2D eigenvalue weighted by atomic mass is 16.3. The van der Waals surface area contributed by atoms with E-state index in [1.165, 1.54) is 10.8 Å². The zero-order chi connectivity index (χ0) is 31.6. The van der Waals surface area contributed by atoms with Crippen molar-refractivity contribution in [2.24, 2.45) is 0 Å². The van der Waals surface area contributed by atoms with Crippen molar-refractivity contribution >= 4 is 54.5 Å². The van der Waals surface area contributed by atoms with Crippen LogP contribution in [0.15, 0.2) is 162 Å². The average molecular weight is 615 g/mol. The molecule has 7 aromatic carbocycles. The SMILES string of the molecule is c1ccc(-c2nc(-c3cc(-n4c5ccccc5c5ccccc54)c4ccccc4c3)nc(-c3cccc4oc5ccccc5c34)n2)cc1. The number of aromatic nitrogens is 4. The van der Waals surface area contributed by atoms with Crippen LogP contribution in [0.3, 0.4) is 0 Å². The van der Waals surface area contributed by atoms with Crippen molar-refractivity contribution in [3.05, 3.63) is 158 Å². The molecular formula is C43H26N4O. The maximum atomic E-state index is 6.25. The van der Waals surface area contributed by atoms with Gasteiger partial charge in [-0.2, -0.15) is 0 Å².